The van der Waals surface area contributed by atoms with E-state index >= 15 is 0 Å². The Hall–Kier alpha value is -6.63. The summed E-state index contributed by atoms with van der Waals surface area (Å²) in [5.41, 5.74) is 20.8. The molecule has 1 N–H and O–H groups in total. The molecule has 4 atom stereocenters. The molecule has 330 valence electrons. The monoisotopic (exact) mass is 886 g/mol. The van der Waals surface area contributed by atoms with E-state index in [4.69, 9.17) is 0 Å². The molecule has 4 unspecified atom stereocenters. The van der Waals surface area contributed by atoms with E-state index in [0.717, 1.165) is 0 Å². The van der Waals surface area contributed by atoms with Crippen molar-refractivity contribution in [3.63, 3.8) is 0 Å². The van der Waals surface area contributed by atoms with Gasteiger partial charge in [0.1, 0.15) is 0 Å². The van der Waals surface area contributed by atoms with Crippen molar-refractivity contribution < 1.29 is 5.11 Å². The molecule has 0 amide bonds. The summed E-state index contributed by atoms with van der Waals surface area (Å²) in [6.45, 7) is 9.17. The van der Waals surface area contributed by atoms with Crippen LogP contribution in [0.4, 0.5) is 0 Å². The van der Waals surface area contributed by atoms with E-state index in [1.54, 1.807) is 0 Å². The van der Waals surface area contributed by atoms with Gasteiger partial charge >= 0.3 is 0 Å². The lowest BCUT2D eigenvalue weighted by atomic mass is 9.77. The van der Waals surface area contributed by atoms with E-state index in [-0.39, 0.29) is 23.2 Å². The largest absolute Gasteiger partial charge is 0.393 e. The molecular formula is C65H59OP. The van der Waals surface area contributed by atoms with Crippen LogP contribution in [-0.4, -0.2) is 11.2 Å². The Kier molecular flexibility index (Phi) is 13.0. The van der Waals surface area contributed by atoms with Crippen LogP contribution >= 0.6 is 7.92 Å². The maximum atomic E-state index is 12.3. The second kappa shape index (κ2) is 19.7. The van der Waals surface area contributed by atoms with Gasteiger partial charge in [-0.05, 0) is 135 Å². The first kappa shape index (κ1) is 44.2. The summed E-state index contributed by atoms with van der Waals surface area (Å²) >= 11 is 0. The second-order valence-electron chi connectivity index (χ2n) is 18.6. The normalized spacial score (nSPS) is 18.0. The minimum absolute atomic E-state index is 0.0247. The van der Waals surface area contributed by atoms with Gasteiger partial charge in [-0.25, -0.2) is 0 Å². The van der Waals surface area contributed by atoms with Gasteiger partial charge in [-0.1, -0.05) is 232 Å². The predicted octanol–water partition coefficient (Wildman–Crippen LogP) is 16.4. The van der Waals surface area contributed by atoms with E-state index in [1.807, 2.05) is 0 Å². The number of aryl methyl sites for hydroxylation is 4. The van der Waals surface area contributed by atoms with Crippen molar-refractivity contribution in [2.75, 3.05) is 0 Å². The number of rotatable bonds is 11. The summed E-state index contributed by atoms with van der Waals surface area (Å²) < 4.78 is 0. The predicted molar refractivity (Wildman–Crippen MR) is 284 cm³/mol. The molecule has 9 aromatic rings. The van der Waals surface area contributed by atoms with Gasteiger partial charge in [0, 0.05) is 23.2 Å². The van der Waals surface area contributed by atoms with Crippen LogP contribution in [0.15, 0.2) is 224 Å². The lowest BCUT2D eigenvalue weighted by Gasteiger charge is -2.45. The van der Waals surface area contributed by atoms with Crippen molar-refractivity contribution in [2.45, 2.75) is 69.8 Å². The highest BCUT2D eigenvalue weighted by atomic mass is 31.1. The standard InChI is InChI=1S/C65H59OP/c1-44-20-17-21-45(2)61(44)63(54-28-13-7-14-29-54)57-32-19-33-58(64(55-30-15-8-16-31-55)62-46(3)22-18-23-47(62)4)65(57)67-59(52-38-34-50(35-39-52)48-24-9-5-10-25-48)42-56(66)43-60(67)53-40-36-51(37-41-53)49-26-11-6-12-27-49/h5-41,56,59-60,63-64,66H,42-43H2,1-4H3. The first-order chi connectivity index (χ1) is 32.8. The molecule has 1 fully saturated rings. The Labute approximate surface area is 399 Å². The number of hydrogen-bond acceptors (Lipinski definition) is 1. The molecule has 0 radical (unpaired) electrons. The van der Waals surface area contributed by atoms with Crippen LogP contribution in [0.25, 0.3) is 22.3 Å². The number of aliphatic hydroxyl groups excluding tert-OH is 1. The van der Waals surface area contributed by atoms with Gasteiger partial charge in [-0.2, -0.15) is 0 Å². The zero-order valence-corrected chi connectivity index (χ0v) is 40.0. The third-order valence-corrected chi connectivity index (χ3v) is 17.8. The third kappa shape index (κ3) is 9.00. The van der Waals surface area contributed by atoms with Crippen molar-refractivity contribution >= 4 is 13.2 Å². The van der Waals surface area contributed by atoms with Gasteiger partial charge in [0.05, 0.1) is 6.10 Å². The van der Waals surface area contributed by atoms with E-state index < -0.39 is 14.0 Å². The van der Waals surface area contributed by atoms with Crippen LogP contribution in [0, 0.1) is 27.7 Å². The molecule has 1 heterocycles. The van der Waals surface area contributed by atoms with Gasteiger partial charge in [0.25, 0.3) is 0 Å². The van der Waals surface area contributed by atoms with Crippen molar-refractivity contribution in [3.8, 4) is 22.3 Å². The molecule has 0 bridgehead atoms. The van der Waals surface area contributed by atoms with Crippen LogP contribution in [0.5, 0.6) is 0 Å². The molecule has 67 heavy (non-hydrogen) atoms. The minimum atomic E-state index is -1.07. The van der Waals surface area contributed by atoms with Gasteiger partial charge in [-0.3, -0.25) is 0 Å². The zero-order chi connectivity index (χ0) is 45.9. The summed E-state index contributed by atoms with van der Waals surface area (Å²) in [5, 5.41) is 13.8. The van der Waals surface area contributed by atoms with E-state index in [9.17, 15) is 5.11 Å². The molecule has 10 rings (SSSR count). The molecular weight excluding hydrogens is 828 g/mol. The second-order valence-corrected chi connectivity index (χ2v) is 21.1. The highest BCUT2D eigenvalue weighted by Gasteiger charge is 2.43. The summed E-state index contributed by atoms with van der Waals surface area (Å²) in [7, 11) is -1.07. The molecule has 1 saturated heterocycles. The van der Waals surface area contributed by atoms with E-state index in [1.165, 1.54) is 94.3 Å². The SMILES string of the molecule is Cc1cccc(C)c1C(c1ccccc1)c1cccc(C(c2ccccc2)c2c(C)cccc2C)c1P1C(c2ccc(-c3ccccc3)cc2)CC(O)CC1c1ccc(-c2ccccc2)cc1. The van der Waals surface area contributed by atoms with Crippen LogP contribution in [0.3, 0.4) is 0 Å². The zero-order valence-electron chi connectivity index (χ0n) is 39.1. The Bertz CT molecular complexity index is 2820. The molecule has 0 aliphatic carbocycles. The third-order valence-electron chi connectivity index (χ3n) is 14.4. The van der Waals surface area contributed by atoms with Gasteiger partial charge in [-0.15, -0.1) is 0 Å². The van der Waals surface area contributed by atoms with E-state index in [2.05, 4.69) is 252 Å². The first-order valence-electron chi connectivity index (χ1n) is 24.0. The van der Waals surface area contributed by atoms with Gasteiger partial charge in [0.15, 0.2) is 0 Å². The molecule has 0 saturated carbocycles. The van der Waals surface area contributed by atoms with Gasteiger partial charge in [0.2, 0.25) is 0 Å². The van der Waals surface area contributed by atoms with Gasteiger partial charge < -0.3 is 5.11 Å². The van der Waals surface area contributed by atoms with E-state index in [0.29, 0.717) is 12.8 Å². The van der Waals surface area contributed by atoms with Crippen LogP contribution < -0.4 is 5.30 Å². The highest BCUT2D eigenvalue weighted by Crippen LogP contribution is 2.69. The number of hydrogen-bond donors (Lipinski definition) is 1. The summed E-state index contributed by atoms with van der Waals surface area (Å²) in [4.78, 5) is 0. The average Bonchev–Trinajstić information content (AvgIpc) is 3.37. The Morgan fingerprint density at radius 3 is 1.03 bits per heavy atom. The van der Waals surface area contributed by atoms with Crippen LogP contribution in [-0.2, 0) is 0 Å². The topological polar surface area (TPSA) is 20.2 Å². The minimum Gasteiger partial charge on any atom is -0.393 e. The fraction of sp³-hybridized carbons (Fsp3) is 0.169. The molecule has 9 aromatic carbocycles. The molecule has 0 aromatic heterocycles. The quantitative estimate of drug-likeness (QED) is 0.101. The fourth-order valence-electron chi connectivity index (χ4n) is 11.2. The lowest BCUT2D eigenvalue weighted by molar-refractivity contribution is 0.146. The fourth-order valence-corrected chi connectivity index (χ4v) is 15.2. The molecule has 0 spiro atoms. The Balaban J connectivity index is 1.30. The van der Waals surface area contributed by atoms with Crippen molar-refractivity contribution in [2.24, 2.45) is 0 Å². The summed E-state index contributed by atoms with van der Waals surface area (Å²) in [5.74, 6) is -0.0494. The van der Waals surface area contributed by atoms with Crippen molar-refractivity contribution in [1.82, 2.24) is 0 Å². The first-order valence-corrected chi connectivity index (χ1v) is 25.4. The smallest absolute Gasteiger partial charge is 0.0559 e. The van der Waals surface area contributed by atoms with Crippen LogP contribution in [0.1, 0.15) is 103 Å². The van der Waals surface area contributed by atoms with Crippen LogP contribution in [0.2, 0.25) is 0 Å². The molecule has 1 aliphatic rings. The van der Waals surface area contributed by atoms with Crippen molar-refractivity contribution in [1.29, 1.82) is 0 Å². The summed E-state index contributed by atoms with van der Waals surface area (Å²) in [6, 6.07) is 83.5. The Morgan fingerprint density at radius 2 is 0.672 bits per heavy atom. The number of benzene rings is 9. The molecule has 1 aliphatic heterocycles. The average molecular weight is 887 g/mol. The molecule has 2 heteroatoms. The number of aliphatic hydroxyl groups is 1. The maximum Gasteiger partial charge on any atom is 0.0559 e. The highest BCUT2D eigenvalue weighted by molar-refractivity contribution is 7.66. The van der Waals surface area contributed by atoms with Crippen molar-refractivity contribution in [3.05, 3.63) is 291 Å². The lowest BCUT2D eigenvalue weighted by Crippen LogP contribution is -2.31. The maximum absolute atomic E-state index is 12.3. The molecule has 1 nitrogen and oxygen atoms in total. The Morgan fingerprint density at radius 1 is 0.358 bits per heavy atom. The summed E-state index contributed by atoms with van der Waals surface area (Å²) in [6.07, 6.45) is 0.933.